The number of nitriles is 1. The summed E-state index contributed by atoms with van der Waals surface area (Å²) in [6.45, 7) is 8.55. The van der Waals surface area contributed by atoms with Crippen molar-refractivity contribution in [2.24, 2.45) is 11.1 Å². The molecule has 1 aromatic carbocycles. The maximum absolute atomic E-state index is 12.6. The Balaban J connectivity index is 2.04. The van der Waals surface area contributed by atoms with Crippen molar-refractivity contribution in [1.29, 1.82) is 5.26 Å². The van der Waals surface area contributed by atoms with Gasteiger partial charge in [-0.05, 0) is 33.8 Å². The van der Waals surface area contributed by atoms with E-state index in [1.54, 1.807) is 11.8 Å². The number of benzene rings is 1. The number of nitrogens with zero attached hydrogens (tertiary/aromatic N) is 1. The predicted molar refractivity (Wildman–Crippen MR) is 103 cm³/mol. The van der Waals surface area contributed by atoms with Gasteiger partial charge in [-0.25, -0.2) is 0 Å². The molecule has 130 valence electrons. The van der Waals surface area contributed by atoms with Gasteiger partial charge < -0.3 is 5.73 Å². The molecule has 25 heavy (non-hydrogen) atoms. The molecule has 0 bridgehead atoms. The standard InChI is InChI=1S/C21H24N2OS/c1-12(2)13-5-7-14(8-6-13)20-15(11-22)19(23)18-16(24)9-21(3,4)10-17(18)25-20/h5-8,12,20H,9-10,23H2,1-4H3/t20-/m0/s1. The number of hydrogen-bond acceptors (Lipinski definition) is 4. The van der Waals surface area contributed by atoms with E-state index in [1.807, 2.05) is 0 Å². The molecule has 0 spiro atoms. The minimum atomic E-state index is -0.133. The first-order valence-corrected chi connectivity index (χ1v) is 9.54. The van der Waals surface area contributed by atoms with Crippen LogP contribution in [-0.4, -0.2) is 5.78 Å². The summed E-state index contributed by atoms with van der Waals surface area (Å²) in [6, 6.07) is 10.7. The fourth-order valence-electron chi connectivity index (χ4n) is 3.55. The molecular formula is C21H24N2OS. The molecule has 0 saturated carbocycles. The van der Waals surface area contributed by atoms with Gasteiger partial charge in [0.2, 0.25) is 0 Å². The highest BCUT2D eigenvalue weighted by Gasteiger charge is 2.40. The van der Waals surface area contributed by atoms with Gasteiger partial charge in [-0.3, -0.25) is 4.79 Å². The summed E-state index contributed by atoms with van der Waals surface area (Å²) in [7, 11) is 0. The average Bonchev–Trinajstić information content (AvgIpc) is 2.53. The Morgan fingerprint density at radius 1 is 1.24 bits per heavy atom. The van der Waals surface area contributed by atoms with E-state index in [4.69, 9.17) is 5.73 Å². The van der Waals surface area contributed by atoms with Crippen molar-refractivity contribution in [3.8, 4) is 6.07 Å². The number of carbonyl (C=O) groups excluding carboxylic acids is 1. The van der Waals surface area contributed by atoms with Gasteiger partial charge in [0.15, 0.2) is 5.78 Å². The fraction of sp³-hybridized carbons (Fsp3) is 0.429. The molecule has 0 radical (unpaired) electrons. The van der Waals surface area contributed by atoms with E-state index < -0.39 is 0 Å². The SMILES string of the molecule is CC(C)c1ccc([C@@H]2SC3=C(C(=O)CC(C)(C)C3)C(N)=C2C#N)cc1. The summed E-state index contributed by atoms with van der Waals surface area (Å²) in [5.41, 5.74) is 10.1. The lowest BCUT2D eigenvalue weighted by Gasteiger charge is -2.36. The van der Waals surface area contributed by atoms with Crippen LogP contribution in [0.4, 0.5) is 0 Å². The Labute approximate surface area is 154 Å². The Kier molecular flexibility index (Phi) is 4.55. The van der Waals surface area contributed by atoms with E-state index in [0.717, 1.165) is 16.9 Å². The Bertz CT molecular complexity index is 822. The van der Waals surface area contributed by atoms with Crippen molar-refractivity contribution in [2.45, 2.75) is 51.7 Å². The molecular weight excluding hydrogens is 328 g/mol. The van der Waals surface area contributed by atoms with Crippen LogP contribution in [0.2, 0.25) is 0 Å². The van der Waals surface area contributed by atoms with Gasteiger partial charge in [-0.2, -0.15) is 5.26 Å². The Morgan fingerprint density at radius 3 is 2.44 bits per heavy atom. The number of allylic oxidation sites excluding steroid dienone is 2. The van der Waals surface area contributed by atoms with Gasteiger partial charge in [0.1, 0.15) is 0 Å². The number of ketones is 1. The molecule has 0 amide bonds. The van der Waals surface area contributed by atoms with E-state index in [0.29, 0.717) is 29.2 Å². The maximum Gasteiger partial charge on any atom is 0.166 e. The zero-order valence-electron chi connectivity index (χ0n) is 15.2. The molecule has 1 atom stereocenters. The van der Waals surface area contributed by atoms with Gasteiger partial charge in [0.05, 0.1) is 28.2 Å². The Hall–Kier alpha value is -1.99. The van der Waals surface area contributed by atoms with Crippen LogP contribution in [0.1, 0.15) is 62.8 Å². The monoisotopic (exact) mass is 352 g/mol. The minimum absolute atomic E-state index is 0.0562. The molecule has 4 heteroatoms. The number of carbonyl (C=O) groups is 1. The van der Waals surface area contributed by atoms with E-state index >= 15 is 0 Å². The summed E-state index contributed by atoms with van der Waals surface area (Å²) < 4.78 is 0. The molecule has 1 aliphatic carbocycles. The zero-order chi connectivity index (χ0) is 18.4. The predicted octanol–water partition coefficient (Wildman–Crippen LogP) is 4.98. The summed E-state index contributed by atoms with van der Waals surface area (Å²) in [6.07, 6.45) is 1.32. The zero-order valence-corrected chi connectivity index (χ0v) is 16.0. The Morgan fingerprint density at radius 2 is 1.88 bits per heavy atom. The highest BCUT2D eigenvalue weighted by Crippen LogP contribution is 2.53. The van der Waals surface area contributed by atoms with Gasteiger partial charge in [0.25, 0.3) is 0 Å². The first kappa shape index (κ1) is 17.8. The topological polar surface area (TPSA) is 66.9 Å². The van der Waals surface area contributed by atoms with Crippen molar-refractivity contribution in [2.75, 3.05) is 0 Å². The van der Waals surface area contributed by atoms with E-state index in [9.17, 15) is 10.1 Å². The van der Waals surface area contributed by atoms with Gasteiger partial charge in [-0.1, -0.05) is 52.0 Å². The number of Topliss-reactive ketones (excluding diaryl/α,β-unsaturated/α-hetero) is 1. The summed E-state index contributed by atoms with van der Waals surface area (Å²) in [5, 5.41) is 9.55. The summed E-state index contributed by atoms with van der Waals surface area (Å²) in [4.78, 5) is 13.6. The second kappa shape index (κ2) is 6.38. The fourth-order valence-corrected chi connectivity index (χ4v) is 5.24. The van der Waals surface area contributed by atoms with Crippen LogP contribution in [-0.2, 0) is 4.79 Å². The average molecular weight is 353 g/mol. The molecule has 3 nitrogen and oxygen atoms in total. The van der Waals surface area contributed by atoms with Crippen LogP contribution in [0.15, 0.2) is 46.0 Å². The smallest absolute Gasteiger partial charge is 0.166 e. The number of rotatable bonds is 2. The highest BCUT2D eigenvalue weighted by atomic mass is 32.2. The first-order chi connectivity index (χ1) is 11.7. The third kappa shape index (κ3) is 3.26. The molecule has 2 N–H and O–H groups in total. The van der Waals surface area contributed by atoms with E-state index in [1.165, 1.54) is 5.56 Å². The second-order valence-corrected chi connectivity index (χ2v) is 9.20. The number of hydrogen-bond donors (Lipinski definition) is 1. The van der Waals surface area contributed by atoms with Crippen molar-refractivity contribution >= 4 is 17.5 Å². The summed E-state index contributed by atoms with van der Waals surface area (Å²) >= 11 is 1.62. The van der Waals surface area contributed by atoms with Crippen molar-refractivity contribution in [3.63, 3.8) is 0 Å². The normalized spacial score (nSPS) is 22.9. The van der Waals surface area contributed by atoms with Gasteiger partial charge in [0, 0.05) is 6.42 Å². The van der Waals surface area contributed by atoms with Crippen LogP contribution in [0.25, 0.3) is 0 Å². The molecule has 1 aliphatic heterocycles. The lowest BCUT2D eigenvalue weighted by molar-refractivity contribution is -0.117. The lowest BCUT2D eigenvalue weighted by Crippen LogP contribution is -2.30. The van der Waals surface area contributed by atoms with Crippen LogP contribution in [0.3, 0.4) is 0 Å². The maximum atomic E-state index is 12.6. The molecule has 3 rings (SSSR count). The van der Waals surface area contributed by atoms with E-state index in [-0.39, 0.29) is 16.4 Å². The molecule has 1 aromatic rings. The van der Waals surface area contributed by atoms with Gasteiger partial charge >= 0.3 is 0 Å². The lowest BCUT2D eigenvalue weighted by atomic mass is 9.76. The van der Waals surface area contributed by atoms with Crippen LogP contribution >= 0.6 is 11.8 Å². The molecule has 0 saturated heterocycles. The molecule has 0 fully saturated rings. The molecule has 2 aliphatic rings. The van der Waals surface area contributed by atoms with Crippen LogP contribution in [0, 0.1) is 16.7 Å². The largest absolute Gasteiger partial charge is 0.397 e. The molecule has 1 heterocycles. The summed E-state index contributed by atoms with van der Waals surface area (Å²) in [5.74, 6) is 0.535. The molecule has 0 unspecified atom stereocenters. The van der Waals surface area contributed by atoms with Crippen LogP contribution < -0.4 is 5.73 Å². The first-order valence-electron chi connectivity index (χ1n) is 8.66. The second-order valence-electron chi connectivity index (χ2n) is 8.00. The third-order valence-electron chi connectivity index (χ3n) is 4.94. The highest BCUT2D eigenvalue weighted by molar-refractivity contribution is 8.03. The number of thioether (sulfide) groups is 1. The van der Waals surface area contributed by atoms with Gasteiger partial charge in [-0.15, -0.1) is 11.8 Å². The van der Waals surface area contributed by atoms with Crippen molar-refractivity contribution in [3.05, 3.63) is 57.1 Å². The third-order valence-corrected chi connectivity index (χ3v) is 6.32. The molecule has 0 aromatic heterocycles. The van der Waals surface area contributed by atoms with Crippen molar-refractivity contribution < 1.29 is 4.79 Å². The van der Waals surface area contributed by atoms with Crippen LogP contribution in [0.5, 0.6) is 0 Å². The van der Waals surface area contributed by atoms with E-state index in [2.05, 4.69) is 58.0 Å². The van der Waals surface area contributed by atoms with Crippen molar-refractivity contribution in [1.82, 2.24) is 0 Å². The minimum Gasteiger partial charge on any atom is -0.397 e. The number of nitrogens with two attached hydrogens (primary N) is 1. The quantitative estimate of drug-likeness (QED) is 0.815.